The summed E-state index contributed by atoms with van der Waals surface area (Å²) in [7, 11) is 0. The Bertz CT molecular complexity index is 897. The Balaban J connectivity index is 1.59. The average molecular weight is 401 g/mol. The highest BCUT2D eigenvalue weighted by molar-refractivity contribution is 9.10. The number of ketones is 1. The number of hydrogen-bond donors (Lipinski definition) is 0. The molecule has 0 unspecified atom stereocenters. The molecule has 0 spiro atoms. The van der Waals surface area contributed by atoms with Crippen LogP contribution in [0.1, 0.15) is 21.9 Å². The van der Waals surface area contributed by atoms with Crippen LogP contribution in [0.3, 0.4) is 0 Å². The zero-order valence-electron chi connectivity index (χ0n) is 13.1. The van der Waals surface area contributed by atoms with Gasteiger partial charge in [0.05, 0.1) is 0 Å². The number of rotatable bonds is 6. The number of carbonyl (C=O) groups excluding carboxylic acids is 1. The number of halogens is 2. The van der Waals surface area contributed by atoms with Crippen LogP contribution in [0.25, 0.3) is 6.08 Å². The van der Waals surface area contributed by atoms with Gasteiger partial charge in [-0.1, -0.05) is 22.0 Å². The highest BCUT2D eigenvalue weighted by Gasteiger charge is 2.04. The molecule has 1 heterocycles. The van der Waals surface area contributed by atoms with E-state index < -0.39 is 0 Å². The first-order valence-electron chi connectivity index (χ1n) is 7.55. The van der Waals surface area contributed by atoms with Gasteiger partial charge in [-0.3, -0.25) is 4.79 Å². The van der Waals surface area contributed by atoms with E-state index in [1.807, 2.05) is 24.3 Å². The first kappa shape index (κ1) is 17.2. The summed E-state index contributed by atoms with van der Waals surface area (Å²) in [4.78, 5) is 12.0. The third kappa shape index (κ3) is 4.90. The quantitative estimate of drug-likeness (QED) is 0.396. The van der Waals surface area contributed by atoms with Crippen molar-refractivity contribution in [3.63, 3.8) is 0 Å². The van der Waals surface area contributed by atoms with Gasteiger partial charge in [-0.2, -0.15) is 0 Å². The molecule has 0 saturated carbocycles. The molecule has 0 amide bonds. The lowest BCUT2D eigenvalue weighted by molar-refractivity contribution is 0.104. The van der Waals surface area contributed by atoms with Gasteiger partial charge >= 0.3 is 0 Å². The Hall–Kier alpha value is -2.66. The van der Waals surface area contributed by atoms with Crippen molar-refractivity contribution >= 4 is 27.8 Å². The smallest absolute Gasteiger partial charge is 0.185 e. The highest BCUT2D eigenvalue weighted by Crippen LogP contribution is 2.19. The SMILES string of the molecule is O=C(/C=C/c1ccc(COc2cccc(Br)c2)o1)c1ccc(F)cc1. The van der Waals surface area contributed by atoms with E-state index in [2.05, 4.69) is 15.9 Å². The van der Waals surface area contributed by atoms with E-state index in [1.54, 1.807) is 18.2 Å². The number of ether oxygens (including phenoxy) is 1. The maximum atomic E-state index is 12.9. The molecular formula is C20H14BrFO3. The highest BCUT2D eigenvalue weighted by atomic mass is 79.9. The average Bonchev–Trinajstić information content (AvgIpc) is 3.06. The molecule has 0 fully saturated rings. The molecule has 2 aromatic carbocycles. The van der Waals surface area contributed by atoms with Crippen LogP contribution in [0.4, 0.5) is 4.39 Å². The topological polar surface area (TPSA) is 39.4 Å². The maximum Gasteiger partial charge on any atom is 0.185 e. The minimum absolute atomic E-state index is 0.219. The predicted octanol–water partition coefficient (Wildman–Crippen LogP) is 5.66. The first-order valence-corrected chi connectivity index (χ1v) is 8.34. The van der Waals surface area contributed by atoms with Gasteiger partial charge < -0.3 is 9.15 Å². The molecule has 0 atom stereocenters. The molecule has 5 heteroatoms. The van der Waals surface area contributed by atoms with Gasteiger partial charge in [0, 0.05) is 10.0 Å². The van der Waals surface area contributed by atoms with E-state index in [9.17, 15) is 9.18 Å². The van der Waals surface area contributed by atoms with Crippen LogP contribution in [0.15, 0.2) is 75.6 Å². The second-order valence-electron chi connectivity index (χ2n) is 5.25. The second kappa shape index (κ2) is 7.94. The zero-order valence-corrected chi connectivity index (χ0v) is 14.7. The van der Waals surface area contributed by atoms with Crippen molar-refractivity contribution in [3.8, 4) is 5.75 Å². The van der Waals surface area contributed by atoms with E-state index in [1.165, 1.54) is 30.3 Å². The molecule has 0 aliphatic carbocycles. The Labute approximate surface area is 152 Å². The van der Waals surface area contributed by atoms with E-state index in [4.69, 9.17) is 9.15 Å². The van der Waals surface area contributed by atoms with Gasteiger partial charge in [0.2, 0.25) is 0 Å². The van der Waals surface area contributed by atoms with E-state index in [0.29, 0.717) is 17.1 Å². The van der Waals surface area contributed by atoms with Crippen LogP contribution >= 0.6 is 15.9 Å². The molecule has 1 aromatic heterocycles. The molecule has 3 nitrogen and oxygen atoms in total. The largest absolute Gasteiger partial charge is 0.486 e. The monoisotopic (exact) mass is 400 g/mol. The minimum atomic E-state index is -0.373. The Kier molecular flexibility index (Phi) is 5.46. The van der Waals surface area contributed by atoms with E-state index in [-0.39, 0.29) is 18.2 Å². The number of hydrogen-bond acceptors (Lipinski definition) is 3. The summed E-state index contributed by atoms with van der Waals surface area (Å²) in [5.41, 5.74) is 0.419. The van der Waals surface area contributed by atoms with Crippen LogP contribution in [0.5, 0.6) is 5.75 Å². The summed E-state index contributed by atoms with van der Waals surface area (Å²) in [6, 6.07) is 16.5. The van der Waals surface area contributed by atoms with E-state index >= 15 is 0 Å². The molecule has 0 N–H and O–H groups in total. The van der Waals surface area contributed by atoms with Gasteiger partial charge in [-0.05, 0) is 66.7 Å². The molecule has 0 saturated heterocycles. The van der Waals surface area contributed by atoms with Gasteiger partial charge in [-0.15, -0.1) is 0 Å². The lowest BCUT2D eigenvalue weighted by Gasteiger charge is -2.04. The van der Waals surface area contributed by atoms with Crippen LogP contribution < -0.4 is 4.74 Å². The molecule has 3 aromatic rings. The summed E-state index contributed by atoms with van der Waals surface area (Å²) in [5, 5.41) is 0. The summed E-state index contributed by atoms with van der Waals surface area (Å²) >= 11 is 3.38. The Morgan fingerprint density at radius 1 is 1.12 bits per heavy atom. The summed E-state index contributed by atoms with van der Waals surface area (Å²) < 4.78 is 25.0. The molecule has 0 aliphatic rings. The van der Waals surface area contributed by atoms with Gasteiger partial charge in [0.25, 0.3) is 0 Å². The standard InChI is InChI=1S/C20H14BrFO3/c21-15-2-1-3-18(12-15)24-13-19-9-8-17(25-19)10-11-20(23)14-4-6-16(22)7-5-14/h1-12H,13H2/b11-10+. The fraction of sp³-hybridized carbons (Fsp3) is 0.0500. The first-order chi connectivity index (χ1) is 12.1. The molecular weight excluding hydrogens is 387 g/mol. The summed E-state index contributed by atoms with van der Waals surface area (Å²) in [5.74, 6) is 1.33. The number of benzene rings is 2. The van der Waals surface area contributed by atoms with Crippen LogP contribution in [0.2, 0.25) is 0 Å². The third-order valence-corrected chi connectivity index (χ3v) is 3.88. The van der Waals surface area contributed by atoms with Crippen molar-refractivity contribution in [2.24, 2.45) is 0 Å². The summed E-state index contributed by atoms with van der Waals surface area (Å²) in [6.07, 6.45) is 2.97. The molecule has 0 aliphatic heterocycles. The van der Waals surface area contributed by atoms with Crippen molar-refractivity contribution in [2.45, 2.75) is 6.61 Å². The van der Waals surface area contributed by atoms with E-state index in [0.717, 1.165) is 10.2 Å². The predicted molar refractivity (Wildman–Crippen MR) is 96.9 cm³/mol. The van der Waals surface area contributed by atoms with Gasteiger partial charge in [-0.25, -0.2) is 4.39 Å². The zero-order chi connectivity index (χ0) is 17.6. The normalized spacial score (nSPS) is 11.0. The number of carbonyl (C=O) groups is 1. The third-order valence-electron chi connectivity index (χ3n) is 3.39. The second-order valence-corrected chi connectivity index (χ2v) is 6.17. The van der Waals surface area contributed by atoms with Crippen molar-refractivity contribution < 1.29 is 18.3 Å². The Morgan fingerprint density at radius 3 is 2.68 bits per heavy atom. The van der Waals surface area contributed by atoms with Crippen molar-refractivity contribution in [3.05, 3.63) is 94.1 Å². The molecule has 25 heavy (non-hydrogen) atoms. The fourth-order valence-corrected chi connectivity index (χ4v) is 2.52. The lowest BCUT2D eigenvalue weighted by Crippen LogP contribution is -1.94. The fourth-order valence-electron chi connectivity index (χ4n) is 2.14. The van der Waals surface area contributed by atoms with Gasteiger partial charge in [0.1, 0.15) is 29.7 Å². The number of allylic oxidation sites excluding steroid dienone is 1. The number of furan rings is 1. The van der Waals surface area contributed by atoms with Gasteiger partial charge in [0.15, 0.2) is 5.78 Å². The van der Waals surface area contributed by atoms with Crippen LogP contribution in [-0.4, -0.2) is 5.78 Å². The van der Waals surface area contributed by atoms with Crippen molar-refractivity contribution in [1.29, 1.82) is 0 Å². The molecule has 126 valence electrons. The van der Waals surface area contributed by atoms with Crippen LogP contribution in [0, 0.1) is 5.82 Å². The molecule has 0 bridgehead atoms. The Morgan fingerprint density at radius 2 is 1.92 bits per heavy atom. The lowest BCUT2D eigenvalue weighted by atomic mass is 10.1. The van der Waals surface area contributed by atoms with Crippen molar-refractivity contribution in [1.82, 2.24) is 0 Å². The van der Waals surface area contributed by atoms with Crippen LogP contribution in [-0.2, 0) is 6.61 Å². The van der Waals surface area contributed by atoms with Crippen molar-refractivity contribution in [2.75, 3.05) is 0 Å². The molecule has 0 radical (unpaired) electrons. The minimum Gasteiger partial charge on any atom is -0.486 e. The maximum absolute atomic E-state index is 12.9. The summed E-state index contributed by atoms with van der Waals surface area (Å²) in [6.45, 7) is 0.288. The molecule has 3 rings (SSSR count).